The predicted molar refractivity (Wildman–Crippen MR) is 128 cm³/mol. The highest BCUT2D eigenvalue weighted by atomic mass is 32.2. The van der Waals surface area contributed by atoms with Crippen molar-refractivity contribution >= 4 is 32.7 Å². The second kappa shape index (κ2) is 9.99. The van der Waals surface area contributed by atoms with E-state index < -0.39 is 22.6 Å². The van der Waals surface area contributed by atoms with Crippen molar-refractivity contribution < 1.29 is 27.5 Å². The van der Waals surface area contributed by atoms with Crippen LogP contribution in [0.25, 0.3) is 10.9 Å². The van der Waals surface area contributed by atoms with Crippen molar-refractivity contribution in [2.45, 2.75) is 37.5 Å². The van der Waals surface area contributed by atoms with Gasteiger partial charge in [0.15, 0.2) is 6.61 Å². The summed E-state index contributed by atoms with van der Waals surface area (Å²) in [6, 6.07) is 11.5. The zero-order chi connectivity index (χ0) is 24.3. The molecule has 2 heterocycles. The summed E-state index contributed by atoms with van der Waals surface area (Å²) < 4.78 is 38.4. The number of Topliss-reactive ketones (excluding diaryl/α,β-unsaturated/α-hetero) is 1. The molecule has 1 saturated heterocycles. The van der Waals surface area contributed by atoms with Crippen LogP contribution in [0.15, 0.2) is 47.4 Å². The second-order valence-corrected chi connectivity index (χ2v) is 10.3. The largest absolute Gasteiger partial charge is 0.496 e. The Morgan fingerprint density at radius 3 is 2.44 bits per heavy atom. The quantitative estimate of drug-likeness (QED) is 0.400. The van der Waals surface area contributed by atoms with Crippen LogP contribution < -0.4 is 4.74 Å². The minimum atomic E-state index is -3.76. The molecule has 1 aliphatic heterocycles. The van der Waals surface area contributed by atoms with Crippen LogP contribution in [0, 0.1) is 6.92 Å². The Hall–Kier alpha value is -3.17. The summed E-state index contributed by atoms with van der Waals surface area (Å²) >= 11 is 0. The van der Waals surface area contributed by atoms with Crippen LogP contribution in [0.3, 0.4) is 0 Å². The number of aromatic nitrogens is 1. The van der Waals surface area contributed by atoms with Crippen LogP contribution in [0.1, 0.15) is 52.1 Å². The maximum Gasteiger partial charge on any atom is 0.342 e. The van der Waals surface area contributed by atoms with Gasteiger partial charge < -0.3 is 14.5 Å². The molecule has 0 aliphatic carbocycles. The minimum absolute atomic E-state index is 0.000879. The number of nitrogens with zero attached hydrogens (tertiary/aromatic N) is 1. The van der Waals surface area contributed by atoms with Gasteiger partial charge in [-0.05, 0) is 44.0 Å². The maximum absolute atomic E-state index is 13.2. The number of aryl methyl sites for hydroxylation is 1. The van der Waals surface area contributed by atoms with E-state index in [0.29, 0.717) is 24.3 Å². The number of para-hydroxylation sites is 1. The fraction of sp³-hybridized carbons (Fsp3) is 0.360. The first-order valence-electron chi connectivity index (χ1n) is 11.3. The van der Waals surface area contributed by atoms with Crippen molar-refractivity contribution in [3.63, 3.8) is 0 Å². The van der Waals surface area contributed by atoms with Crippen molar-refractivity contribution in [1.82, 2.24) is 9.29 Å². The summed E-state index contributed by atoms with van der Waals surface area (Å²) in [6.45, 7) is 2.21. The van der Waals surface area contributed by atoms with E-state index in [1.54, 1.807) is 6.92 Å². The van der Waals surface area contributed by atoms with E-state index in [1.807, 2.05) is 24.3 Å². The number of benzene rings is 2. The first kappa shape index (κ1) is 24.0. The monoisotopic (exact) mass is 484 g/mol. The number of H-pyrrole nitrogens is 1. The highest BCUT2D eigenvalue weighted by molar-refractivity contribution is 7.89. The number of hydrogen-bond acceptors (Lipinski definition) is 6. The molecule has 0 radical (unpaired) electrons. The highest BCUT2D eigenvalue weighted by Crippen LogP contribution is 2.27. The van der Waals surface area contributed by atoms with Crippen LogP contribution >= 0.6 is 0 Å². The molecule has 0 atom stereocenters. The number of esters is 1. The SMILES string of the molecule is COc1ccc(S(=O)(=O)N2CCCCCC2)cc1C(=O)OCC(=O)c1c(C)[nH]c2ccccc12. The highest BCUT2D eigenvalue weighted by Gasteiger charge is 2.28. The van der Waals surface area contributed by atoms with E-state index in [9.17, 15) is 18.0 Å². The summed E-state index contributed by atoms with van der Waals surface area (Å²) in [4.78, 5) is 28.9. The van der Waals surface area contributed by atoms with Crippen molar-refractivity contribution in [3.05, 3.63) is 59.3 Å². The third kappa shape index (κ3) is 4.71. The third-order valence-electron chi connectivity index (χ3n) is 6.10. The molecule has 0 unspecified atom stereocenters. The van der Waals surface area contributed by atoms with Gasteiger partial charge in [-0.1, -0.05) is 31.0 Å². The first-order chi connectivity index (χ1) is 16.3. The summed E-state index contributed by atoms with van der Waals surface area (Å²) in [5.41, 5.74) is 1.93. The molecule has 8 nitrogen and oxygen atoms in total. The molecule has 0 bridgehead atoms. The zero-order valence-corrected chi connectivity index (χ0v) is 20.1. The number of ether oxygens (including phenoxy) is 2. The molecular weight excluding hydrogens is 456 g/mol. The molecule has 2 aromatic carbocycles. The Bertz CT molecular complexity index is 1320. The fourth-order valence-corrected chi connectivity index (χ4v) is 5.90. The summed E-state index contributed by atoms with van der Waals surface area (Å²) in [6.07, 6.45) is 3.60. The van der Waals surface area contributed by atoms with Crippen molar-refractivity contribution in [2.24, 2.45) is 0 Å². The predicted octanol–water partition coefficient (Wildman–Crippen LogP) is 4.09. The lowest BCUT2D eigenvalue weighted by Crippen LogP contribution is -2.32. The number of methoxy groups -OCH3 is 1. The molecule has 1 N–H and O–H groups in total. The van der Waals surface area contributed by atoms with Crippen LogP contribution in [0.5, 0.6) is 5.75 Å². The van der Waals surface area contributed by atoms with Crippen molar-refractivity contribution in [1.29, 1.82) is 0 Å². The van der Waals surface area contributed by atoms with E-state index in [0.717, 1.165) is 36.6 Å². The standard InChI is InChI=1S/C25H28N2O6S/c1-17-24(19-9-5-6-10-21(19)26-17)22(28)16-33-25(29)20-15-18(11-12-23(20)32-2)34(30,31)27-13-7-3-4-8-14-27/h5-6,9-12,15,26H,3-4,7-8,13-14,16H2,1-2H3. The van der Waals surface area contributed by atoms with Crippen LogP contribution in [0.4, 0.5) is 0 Å². The van der Waals surface area contributed by atoms with E-state index in [-0.39, 0.29) is 22.0 Å². The van der Waals surface area contributed by atoms with Crippen LogP contribution in [-0.4, -0.2) is 56.3 Å². The van der Waals surface area contributed by atoms with Crippen LogP contribution in [0.2, 0.25) is 0 Å². The molecule has 0 spiro atoms. The lowest BCUT2D eigenvalue weighted by molar-refractivity contribution is 0.0471. The molecule has 1 aromatic heterocycles. The number of carbonyl (C=O) groups excluding carboxylic acids is 2. The van der Waals surface area contributed by atoms with Gasteiger partial charge in [0.1, 0.15) is 11.3 Å². The molecule has 0 saturated carbocycles. The average molecular weight is 485 g/mol. The Kier molecular flexibility index (Phi) is 7.04. The Balaban J connectivity index is 1.55. The number of ketones is 1. The van der Waals surface area contributed by atoms with Gasteiger partial charge in [-0.3, -0.25) is 4.79 Å². The molecule has 3 aromatic rings. The second-order valence-electron chi connectivity index (χ2n) is 8.35. The molecule has 34 heavy (non-hydrogen) atoms. The maximum atomic E-state index is 13.2. The number of sulfonamides is 1. The Labute approximate surface area is 198 Å². The number of rotatable bonds is 7. The normalized spacial score (nSPS) is 15.1. The van der Waals surface area contributed by atoms with Gasteiger partial charge in [-0.15, -0.1) is 0 Å². The molecular formula is C25H28N2O6S. The molecule has 4 rings (SSSR count). The molecule has 0 amide bonds. The van der Waals surface area contributed by atoms with Crippen molar-refractivity contribution in [2.75, 3.05) is 26.8 Å². The fourth-order valence-electron chi connectivity index (χ4n) is 4.36. The van der Waals surface area contributed by atoms with Gasteiger partial charge in [0, 0.05) is 35.2 Å². The summed E-state index contributed by atoms with van der Waals surface area (Å²) in [7, 11) is -2.38. The first-order valence-corrected chi connectivity index (χ1v) is 12.7. The van der Waals surface area contributed by atoms with Gasteiger partial charge in [-0.2, -0.15) is 4.31 Å². The van der Waals surface area contributed by atoms with Crippen LogP contribution in [-0.2, 0) is 14.8 Å². The number of aromatic amines is 1. The smallest absolute Gasteiger partial charge is 0.342 e. The summed E-state index contributed by atoms with van der Waals surface area (Å²) in [5, 5.41) is 0.754. The van der Waals surface area contributed by atoms with E-state index in [2.05, 4.69) is 4.98 Å². The minimum Gasteiger partial charge on any atom is -0.496 e. The average Bonchev–Trinajstić information content (AvgIpc) is 2.99. The number of hydrogen-bond donors (Lipinski definition) is 1. The van der Waals surface area contributed by atoms with E-state index in [4.69, 9.17) is 9.47 Å². The Morgan fingerprint density at radius 1 is 1.03 bits per heavy atom. The Morgan fingerprint density at radius 2 is 1.74 bits per heavy atom. The van der Waals surface area contributed by atoms with Gasteiger partial charge >= 0.3 is 5.97 Å². The third-order valence-corrected chi connectivity index (χ3v) is 8.00. The van der Waals surface area contributed by atoms with Gasteiger partial charge in [0.25, 0.3) is 0 Å². The zero-order valence-electron chi connectivity index (χ0n) is 19.3. The number of nitrogens with one attached hydrogen (secondary N) is 1. The topological polar surface area (TPSA) is 106 Å². The molecule has 180 valence electrons. The van der Waals surface area contributed by atoms with E-state index >= 15 is 0 Å². The molecule has 1 fully saturated rings. The van der Waals surface area contributed by atoms with E-state index in [1.165, 1.54) is 29.6 Å². The lowest BCUT2D eigenvalue weighted by atomic mass is 10.1. The van der Waals surface area contributed by atoms with Crippen molar-refractivity contribution in [3.8, 4) is 5.75 Å². The van der Waals surface area contributed by atoms with Gasteiger partial charge in [-0.25, -0.2) is 13.2 Å². The van der Waals surface area contributed by atoms with Gasteiger partial charge in [0.2, 0.25) is 15.8 Å². The lowest BCUT2D eigenvalue weighted by Gasteiger charge is -2.20. The molecule has 1 aliphatic rings. The number of fused-ring (bicyclic) bond motifs is 1. The number of carbonyl (C=O) groups is 2. The van der Waals surface area contributed by atoms with Gasteiger partial charge in [0.05, 0.1) is 12.0 Å². The summed E-state index contributed by atoms with van der Waals surface area (Å²) in [5.74, 6) is -0.998. The molecule has 9 heteroatoms.